The monoisotopic (exact) mass is 563 g/mol. The Morgan fingerprint density at radius 3 is 2.55 bits per heavy atom. The van der Waals surface area contributed by atoms with Gasteiger partial charge in [-0.3, -0.25) is 4.79 Å². The summed E-state index contributed by atoms with van der Waals surface area (Å²) in [6, 6.07) is 17.2. The summed E-state index contributed by atoms with van der Waals surface area (Å²) in [4.78, 5) is 17.7. The minimum absolute atomic E-state index is 0.0630. The highest BCUT2D eigenvalue weighted by Gasteiger charge is 2.27. The van der Waals surface area contributed by atoms with Crippen molar-refractivity contribution in [1.82, 2.24) is 9.71 Å². The third-order valence-corrected chi connectivity index (χ3v) is 7.36. The first-order valence-corrected chi connectivity index (χ1v) is 14.3. The lowest BCUT2D eigenvalue weighted by Crippen LogP contribution is -2.37. The number of aromatic nitrogens is 1. The number of amides is 1. The largest absolute Gasteiger partial charge is 0.490 e. The molecule has 0 spiro atoms. The standard InChI is InChI=1S/C29H33N5O5S/c1-4-38-26-16-21(8-11-25(26)39-18(2)3)27(33-22-9-10-24-20(15-22)12-13-32-28(24)31)29(35)34-40(36,37)23-7-5-6-19(14-23)17-30/h5-16,18,27,33H,4,17,30H2,1-3H3,(H2,31,32)(H,34,35). The van der Waals surface area contributed by atoms with E-state index < -0.39 is 22.0 Å². The van der Waals surface area contributed by atoms with E-state index >= 15 is 0 Å². The zero-order valence-electron chi connectivity index (χ0n) is 22.5. The van der Waals surface area contributed by atoms with Crippen LogP contribution in [-0.2, 0) is 21.4 Å². The lowest BCUT2D eigenvalue weighted by atomic mass is 10.0. The number of nitrogen functional groups attached to an aromatic ring is 1. The third-order valence-electron chi connectivity index (χ3n) is 6.01. The Labute approximate surface area is 233 Å². The molecule has 6 N–H and O–H groups in total. The summed E-state index contributed by atoms with van der Waals surface area (Å²) in [7, 11) is -4.20. The summed E-state index contributed by atoms with van der Waals surface area (Å²) in [5, 5.41) is 4.74. The fourth-order valence-electron chi connectivity index (χ4n) is 4.17. The number of fused-ring (bicyclic) bond motifs is 1. The molecule has 4 aromatic rings. The van der Waals surface area contributed by atoms with Crippen LogP contribution in [0.15, 0.2) is 77.8 Å². The quantitative estimate of drug-likeness (QED) is 0.211. The average molecular weight is 564 g/mol. The average Bonchev–Trinajstić information content (AvgIpc) is 2.92. The van der Waals surface area contributed by atoms with E-state index in [2.05, 4.69) is 15.0 Å². The van der Waals surface area contributed by atoms with E-state index in [1.807, 2.05) is 26.8 Å². The second-order valence-electron chi connectivity index (χ2n) is 9.34. The van der Waals surface area contributed by atoms with Crippen molar-refractivity contribution in [3.05, 3.63) is 84.1 Å². The normalized spacial score (nSPS) is 12.2. The molecule has 0 aliphatic carbocycles. The van der Waals surface area contributed by atoms with Gasteiger partial charge in [0.1, 0.15) is 11.9 Å². The molecule has 1 atom stereocenters. The molecule has 210 valence electrons. The Kier molecular flexibility index (Phi) is 8.76. The Balaban J connectivity index is 1.74. The van der Waals surface area contributed by atoms with Crippen molar-refractivity contribution in [3.63, 3.8) is 0 Å². The van der Waals surface area contributed by atoms with Gasteiger partial charge >= 0.3 is 0 Å². The first-order chi connectivity index (χ1) is 19.1. The first kappa shape index (κ1) is 28.7. The number of pyridine rings is 1. The van der Waals surface area contributed by atoms with Gasteiger partial charge in [-0.1, -0.05) is 18.2 Å². The highest BCUT2D eigenvalue weighted by Crippen LogP contribution is 2.33. The number of nitrogens with one attached hydrogen (secondary N) is 2. The molecule has 0 saturated heterocycles. The topological polar surface area (TPSA) is 159 Å². The Morgan fingerprint density at radius 1 is 1.02 bits per heavy atom. The van der Waals surface area contributed by atoms with Crippen LogP contribution in [0.3, 0.4) is 0 Å². The van der Waals surface area contributed by atoms with E-state index in [1.54, 1.807) is 54.7 Å². The number of anilines is 2. The maximum absolute atomic E-state index is 13.7. The van der Waals surface area contributed by atoms with Crippen molar-refractivity contribution in [2.75, 3.05) is 17.7 Å². The van der Waals surface area contributed by atoms with Crippen LogP contribution in [0.1, 0.15) is 37.9 Å². The van der Waals surface area contributed by atoms with Gasteiger partial charge in [0.05, 0.1) is 17.6 Å². The van der Waals surface area contributed by atoms with Gasteiger partial charge in [-0.05, 0) is 85.8 Å². The SMILES string of the molecule is CCOc1cc(C(Nc2ccc3c(N)nccc3c2)C(=O)NS(=O)(=O)c2cccc(CN)c2)ccc1OC(C)C. The minimum atomic E-state index is -4.20. The van der Waals surface area contributed by atoms with Crippen molar-refractivity contribution >= 4 is 38.2 Å². The first-order valence-electron chi connectivity index (χ1n) is 12.8. The molecule has 1 heterocycles. The van der Waals surface area contributed by atoms with Gasteiger partial charge in [-0.15, -0.1) is 0 Å². The molecular weight excluding hydrogens is 530 g/mol. The van der Waals surface area contributed by atoms with Crippen molar-refractivity contribution in [3.8, 4) is 11.5 Å². The predicted molar refractivity (Wildman–Crippen MR) is 156 cm³/mol. The minimum Gasteiger partial charge on any atom is -0.490 e. The maximum atomic E-state index is 13.7. The second kappa shape index (κ2) is 12.2. The van der Waals surface area contributed by atoms with Gasteiger partial charge in [0.2, 0.25) is 0 Å². The van der Waals surface area contributed by atoms with Gasteiger partial charge in [0.15, 0.2) is 11.5 Å². The molecule has 0 radical (unpaired) electrons. The number of benzene rings is 3. The molecule has 10 nitrogen and oxygen atoms in total. The van der Waals surface area contributed by atoms with E-state index in [0.717, 1.165) is 10.8 Å². The molecule has 0 bridgehead atoms. The highest BCUT2D eigenvalue weighted by molar-refractivity contribution is 7.90. The van der Waals surface area contributed by atoms with Crippen LogP contribution < -0.4 is 31.0 Å². The number of nitrogens with two attached hydrogens (primary N) is 2. The van der Waals surface area contributed by atoms with Crippen LogP contribution in [0.25, 0.3) is 10.8 Å². The van der Waals surface area contributed by atoms with Crippen LogP contribution in [0.5, 0.6) is 11.5 Å². The van der Waals surface area contributed by atoms with Crippen LogP contribution >= 0.6 is 0 Å². The van der Waals surface area contributed by atoms with Crippen molar-refractivity contribution in [1.29, 1.82) is 0 Å². The molecule has 40 heavy (non-hydrogen) atoms. The number of nitrogens with zero attached hydrogens (tertiary/aromatic N) is 1. The van der Waals surface area contributed by atoms with E-state index in [0.29, 0.717) is 40.7 Å². The van der Waals surface area contributed by atoms with Gasteiger partial charge in [0, 0.05) is 23.8 Å². The molecule has 1 unspecified atom stereocenters. The Morgan fingerprint density at radius 2 is 1.82 bits per heavy atom. The summed E-state index contributed by atoms with van der Waals surface area (Å²) in [6.07, 6.45) is 1.49. The van der Waals surface area contributed by atoms with Gasteiger partial charge < -0.3 is 26.3 Å². The predicted octanol–water partition coefficient (Wildman–Crippen LogP) is 4.12. The number of carbonyl (C=O) groups is 1. The lowest BCUT2D eigenvalue weighted by molar-refractivity contribution is -0.120. The molecule has 1 aromatic heterocycles. The van der Waals surface area contributed by atoms with Gasteiger partial charge in [-0.25, -0.2) is 18.1 Å². The van der Waals surface area contributed by atoms with Crippen LogP contribution in [-0.4, -0.2) is 32.0 Å². The zero-order chi connectivity index (χ0) is 28.9. The van der Waals surface area contributed by atoms with Gasteiger partial charge in [-0.2, -0.15) is 0 Å². The molecule has 0 saturated carbocycles. The van der Waals surface area contributed by atoms with E-state index in [1.165, 1.54) is 12.1 Å². The fraction of sp³-hybridized carbons (Fsp3) is 0.241. The number of hydrogen-bond donors (Lipinski definition) is 4. The number of sulfonamides is 1. The van der Waals surface area contributed by atoms with E-state index in [-0.39, 0.29) is 17.5 Å². The molecular formula is C29H33N5O5S. The molecule has 3 aromatic carbocycles. The summed E-state index contributed by atoms with van der Waals surface area (Å²) < 4.78 is 40.2. The Bertz CT molecular complexity index is 1620. The Hall–Kier alpha value is -4.35. The maximum Gasteiger partial charge on any atom is 0.264 e. The lowest BCUT2D eigenvalue weighted by Gasteiger charge is -2.22. The summed E-state index contributed by atoms with van der Waals surface area (Å²) >= 11 is 0. The third kappa shape index (κ3) is 6.61. The molecule has 0 aliphatic rings. The van der Waals surface area contributed by atoms with Gasteiger partial charge in [0.25, 0.3) is 15.9 Å². The van der Waals surface area contributed by atoms with Crippen molar-refractivity contribution in [2.45, 2.75) is 44.4 Å². The summed E-state index contributed by atoms with van der Waals surface area (Å²) in [6.45, 7) is 6.16. The summed E-state index contributed by atoms with van der Waals surface area (Å²) in [5.74, 6) is 0.544. The molecule has 4 rings (SSSR count). The van der Waals surface area contributed by atoms with Crippen LogP contribution in [0, 0.1) is 0 Å². The number of rotatable bonds is 11. The smallest absolute Gasteiger partial charge is 0.264 e. The number of hydrogen-bond acceptors (Lipinski definition) is 9. The van der Waals surface area contributed by atoms with Crippen LogP contribution in [0.4, 0.5) is 11.5 Å². The number of ether oxygens (including phenoxy) is 2. The highest BCUT2D eigenvalue weighted by atomic mass is 32.2. The summed E-state index contributed by atoms with van der Waals surface area (Å²) in [5.41, 5.74) is 13.3. The molecule has 11 heteroatoms. The second-order valence-corrected chi connectivity index (χ2v) is 11.0. The van der Waals surface area contributed by atoms with Crippen LogP contribution in [0.2, 0.25) is 0 Å². The van der Waals surface area contributed by atoms with Crippen molar-refractivity contribution < 1.29 is 22.7 Å². The fourth-order valence-corrected chi connectivity index (χ4v) is 5.24. The van der Waals surface area contributed by atoms with Crippen molar-refractivity contribution in [2.24, 2.45) is 5.73 Å². The van der Waals surface area contributed by atoms with E-state index in [9.17, 15) is 13.2 Å². The molecule has 0 fully saturated rings. The van der Waals surface area contributed by atoms with E-state index in [4.69, 9.17) is 20.9 Å². The molecule has 0 aliphatic heterocycles. The molecule has 1 amide bonds. The zero-order valence-corrected chi connectivity index (χ0v) is 23.4. The number of carbonyl (C=O) groups excluding carboxylic acids is 1.